The first-order valence-electron chi connectivity index (χ1n) is 6.65. The summed E-state index contributed by atoms with van der Waals surface area (Å²) >= 11 is 0. The predicted molar refractivity (Wildman–Crippen MR) is 75.9 cm³/mol. The topological polar surface area (TPSA) is 68.6 Å². The Morgan fingerprint density at radius 2 is 2.14 bits per heavy atom. The molecule has 3 rings (SSSR count). The van der Waals surface area contributed by atoms with Gasteiger partial charge in [-0.15, -0.1) is 0 Å². The van der Waals surface area contributed by atoms with Crippen LogP contribution in [0.5, 0.6) is 0 Å². The lowest BCUT2D eigenvalue weighted by atomic mass is 10.2. The third kappa shape index (κ3) is 2.10. The average Bonchev–Trinajstić information content (AvgIpc) is 3.11. The van der Waals surface area contributed by atoms with Gasteiger partial charge in [-0.1, -0.05) is 5.16 Å². The molecule has 0 fully saturated rings. The van der Waals surface area contributed by atoms with E-state index in [4.69, 9.17) is 4.52 Å². The van der Waals surface area contributed by atoms with Crippen molar-refractivity contribution in [3.63, 3.8) is 0 Å². The summed E-state index contributed by atoms with van der Waals surface area (Å²) in [6, 6.07) is 0. The molecule has 1 amide bonds. The van der Waals surface area contributed by atoms with Gasteiger partial charge in [0.05, 0.1) is 18.4 Å². The van der Waals surface area contributed by atoms with Crippen molar-refractivity contribution in [2.24, 2.45) is 7.05 Å². The van der Waals surface area contributed by atoms with Crippen molar-refractivity contribution in [2.45, 2.75) is 20.4 Å². The molecule has 3 heterocycles. The quantitative estimate of drug-likeness (QED) is 0.733. The van der Waals surface area contributed by atoms with Crippen LogP contribution in [-0.4, -0.2) is 37.2 Å². The zero-order valence-electron chi connectivity index (χ0n) is 12.5. The number of imidazole rings is 1. The van der Waals surface area contributed by atoms with Crippen LogP contribution in [0.1, 0.15) is 27.4 Å². The first-order valence-corrected chi connectivity index (χ1v) is 6.65. The number of fused-ring (bicyclic) bond motifs is 1. The van der Waals surface area contributed by atoms with Gasteiger partial charge in [0.1, 0.15) is 17.0 Å². The molecule has 0 spiro atoms. The second-order valence-corrected chi connectivity index (χ2v) is 5.20. The Morgan fingerprint density at radius 1 is 1.38 bits per heavy atom. The highest BCUT2D eigenvalue weighted by Gasteiger charge is 2.21. The lowest BCUT2D eigenvalue weighted by Gasteiger charge is -2.16. The lowest BCUT2D eigenvalue weighted by molar-refractivity contribution is 0.0786. The van der Waals surface area contributed by atoms with E-state index in [2.05, 4.69) is 10.3 Å². The van der Waals surface area contributed by atoms with Crippen LogP contribution >= 0.6 is 0 Å². The van der Waals surface area contributed by atoms with Crippen LogP contribution < -0.4 is 0 Å². The highest BCUT2D eigenvalue weighted by molar-refractivity contribution is 5.99. The van der Waals surface area contributed by atoms with Gasteiger partial charge in [-0.2, -0.15) is 5.10 Å². The minimum Gasteiger partial charge on any atom is -0.361 e. The molecule has 0 atom stereocenters. The fourth-order valence-corrected chi connectivity index (χ4v) is 2.44. The summed E-state index contributed by atoms with van der Waals surface area (Å²) in [5, 5.41) is 8.11. The third-order valence-corrected chi connectivity index (χ3v) is 3.69. The largest absolute Gasteiger partial charge is 0.361 e. The van der Waals surface area contributed by atoms with Crippen LogP contribution in [-0.2, 0) is 13.6 Å². The standard InChI is InChI=1S/C14H17N5O2/c1-9-12(10(2)21-16-9)8-18(4)14(20)11-7-15-19-6-5-17(3)13(11)19/h5-7H,8H2,1-4H3. The summed E-state index contributed by atoms with van der Waals surface area (Å²) in [5.74, 6) is 0.665. The Labute approximate surface area is 121 Å². The number of carbonyl (C=O) groups is 1. The van der Waals surface area contributed by atoms with E-state index in [1.54, 1.807) is 22.7 Å². The third-order valence-electron chi connectivity index (χ3n) is 3.69. The molecule has 3 aromatic rings. The number of hydrogen-bond donors (Lipinski definition) is 0. The zero-order chi connectivity index (χ0) is 15.1. The molecular formula is C14H17N5O2. The lowest BCUT2D eigenvalue weighted by Crippen LogP contribution is -2.26. The van der Waals surface area contributed by atoms with E-state index in [1.165, 1.54) is 0 Å². The zero-order valence-corrected chi connectivity index (χ0v) is 12.5. The van der Waals surface area contributed by atoms with Crippen molar-refractivity contribution >= 4 is 11.6 Å². The second-order valence-electron chi connectivity index (χ2n) is 5.20. The fraction of sp³-hybridized carbons (Fsp3) is 0.357. The van der Waals surface area contributed by atoms with Crippen LogP contribution in [0.2, 0.25) is 0 Å². The summed E-state index contributed by atoms with van der Waals surface area (Å²) in [6.07, 6.45) is 5.29. The molecular weight excluding hydrogens is 270 g/mol. The average molecular weight is 287 g/mol. The molecule has 0 N–H and O–H groups in total. The van der Waals surface area contributed by atoms with Gasteiger partial charge in [-0.3, -0.25) is 4.79 Å². The summed E-state index contributed by atoms with van der Waals surface area (Å²) in [5.41, 5.74) is 3.12. The molecule has 0 aliphatic heterocycles. The Kier molecular flexibility index (Phi) is 3.04. The summed E-state index contributed by atoms with van der Waals surface area (Å²) in [6.45, 7) is 4.18. The maximum Gasteiger partial charge on any atom is 0.259 e. The van der Waals surface area contributed by atoms with Crippen molar-refractivity contribution in [1.29, 1.82) is 0 Å². The number of nitrogens with zero attached hydrogens (tertiary/aromatic N) is 5. The van der Waals surface area contributed by atoms with Crippen LogP contribution in [0.4, 0.5) is 0 Å². The number of rotatable bonds is 3. The van der Waals surface area contributed by atoms with E-state index < -0.39 is 0 Å². The Balaban J connectivity index is 1.89. The van der Waals surface area contributed by atoms with Crippen molar-refractivity contribution in [3.05, 3.63) is 41.2 Å². The Bertz CT molecular complexity index is 791. The monoisotopic (exact) mass is 287 g/mol. The van der Waals surface area contributed by atoms with E-state index in [0.29, 0.717) is 12.1 Å². The van der Waals surface area contributed by atoms with Crippen LogP contribution in [0.25, 0.3) is 5.65 Å². The minimum absolute atomic E-state index is 0.0770. The SMILES string of the molecule is Cc1noc(C)c1CN(C)C(=O)c1cnn2ccn(C)c12. The van der Waals surface area contributed by atoms with E-state index in [0.717, 1.165) is 22.7 Å². The number of aryl methyl sites for hydroxylation is 3. The Morgan fingerprint density at radius 3 is 2.81 bits per heavy atom. The fourth-order valence-electron chi connectivity index (χ4n) is 2.44. The predicted octanol–water partition coefficient (Wildman–Crippen LogP) is 1.55. The highest BCUT2D eigenvalue weighted by atomic mass is 16.5. The van der Waals surface area contributed by atoms with Crippen LogP contribution in [0, 0.1) is 13.8 Å². The van der Waals surface area contributed by atoms with Crippen LogP contribution in [0.15, 0.2) is 23.1 Å². The molecule has 7 heteroatoms. The van der Waals surface area contributed by atoms with Gasteiger partial charge in [0.2, 0.25) is 0 Å². The molecule has 21 heavy (non-hydrogen) atoms. The number of amides is 1. The van der Waals surface area contributed by atoms with Gasteiger partial charge >= 0.3 is 0 Å². The van der Waals surface area contributed by atoms with Gasteiger partial charge in [-0.25, -0.2) is 4.52 Å². The van der Waals surface area contributed by atoms with Gasteiger partial charge < -0.3 is 14.0 Å². The minimum atomic E-state index is -0.0770. The Hall–Kier alpha value is -2.57. The summed E-state index contributed by atoms with van der Waals surface area (Å²) in [4.78, 5) is 14.3. The molecule has 0 saturated carbocycles. The number of aromatic nitrogens is 4. The maximum absolute atomic E-state index is 12.6. The van der Waals surface area contributed by atoms with E-state index >= 15 is 0 Å². The van der Waals surface area contributed by atoms with Gasteiger partial charge in [0.15, 0.2) is 0 Å². The second kappa shape index (κ2) is 4.76. The van der Waals surface area contributed by atoms with Crippen LogP contribution in [0.3, 0.4) is 0 Å². The van der Waals surface area contributed by atoms with Gasteiger partial charge in [-0.05, 0) is 13.8 Å². The highest BCUT2D eigenvalue weighted by Crippen LogP contribution is 2.17. The van der Waals surface area contributed by atoms with Crippen molar-refractivity contribution in [2.75, 3.05) is 7.05 Å². The van der Waals surface area contributed by atoms with Crippen molar-refractivity contribution < 1.29 is 9.32 Å². The van der Waals surface area contributed by atoms with Gasteiger partial charge in [0, 0.05) is 32.1 Å². The summed E-state index contributed by atoms with van der Waals surface area (Å²) in [7, 11) is 3.66. The van der Waals surface area contributed by atoms with Crippen molar-refractivity contribution in [3.8, 4) is 0 Å². The van der Waals surface area contributed by atoms with E-state index in [9.17, 15) is 4.79 Å². The molecule has 110 valence electrons. The molecule has 0 aliphatic rings. The smallest absolute Gasteiger partial charge is 0.259 e. The molecule has 0 aliphatic carbocycles. The van der Waals surface area contributed by atoms with Gasteiger partial charge in [0.25, 0.3) is 5.91 Å². The molecule has 0 aromatic carbocycles. The normalized spacial score (nSPS) is 11.2. The number of hydrogen-bond acceptors (Lipinski definition) is 4. The van der Waals surface area contributed by atoms with E-state index in [-0.39, 0.29) is 5.91 Å². The van der Waals surface area contributed by atoms with E-state index in [1.807, 2.05) is 37.9 Å². The molecule has 0 radical (unpaired) electrons. The first kappa shape index (κ1) is 13.4. The maximum atomic E-state index is 12.6. The molecule has 7 nitrogen and oxygen atoms in total. The van der Waals surface area contributed by atoms with Crippen molar-refractivity contribution in [1.82, 2.24) is 24.2 Å². The molecule has 3 aromatic heterocycles. The molecule has 0 saturated heterocycles. The molecule has 0 bridgehead atoms. The number of carbonyl (C=O) groups excluding carboxylic acids is 1. The molecule has 0 unspecified atom stereocenters. The summed E-state index contributed by atoms with van der Waals surface area (Å²) < 4.78 is 8.71. The first-order chi connectivity index (χ1) is 9.99.